The van der Waals surface area contributed by atoms with Crippen LogP contribution in [0.3, 0.4) is 0 Å². The van der Waals surface area contributed by atoms with E-state index in [-0.39, 0.29) is 24.6 Å². The Bertz CT molecular complexity index is 374. The molecule has 0 aromatic rings. The second-order valence-corrected chi connectivity index (χ2v) is 6.66. The summed E-state index contributed by atoms with van der Waals surface area (Å²) >= 11 is 0. The number of hydrogen-bond donors (Lipinski definition) is 1. The van der Waals surface area contributed by atoms with Crippen LogP contribution >= 0.6 is 0 Å². The van der Waals surface area contributed by atoms with Crippen LogP contribution in [-0.4, -0.2) is 59.4 Å². The minimum atomic E-state index is -0.0629. The van der Waals surface area contributed by atoms with Gasteiger partial charge in [-0.2, -0.15) is 0 Å². The van der Waals surface area contributed by atoms with Gasteiger partial charge in [-0.25, -0.2) is 0 Å². The van der Waals surface area contributed by atoms with E-state index in [2.05, 4.69) is 17.0 Å². The third-order valence-corrected chi connectivity index (χ3v) is 4.08. The predicted octanol–water partition coefficient (Wildman–Crippen LogP) is 1.79. The molecule has 0 aromatic carbocycles. The summed E-state index contributed by atoms with van der Waals surface area (Å²) in [5.74, 6) is 0.370. The van der Waals surface area contributed by atoms with Gasteiger partial charge in [0, 0.05) is 18.1 Å². The van der Waals surface area contributed by atoms with Gasteiger partial charge in [-0.15, -0.1) is 0 Å². The summed E-state index contributed by atoms with van der Waals surface area (Å²) in [5, 5.41) is 3.90. The highest BCUT2D eigenvalue weighted by Gasteiger charge is 2.21. The Hall–Kier alpha value is -1.30. The van der Waals surface area contributed by atoms with Crippen molar-refractivity contribution < 1.29 is 9.63 Å². The van der Waals surface area contributed by atoms with Gasteiger partial charge >= 0.3 is 0 Å². The molecule has 0 spiro atoms. The molecule has 1 heterocycles. The highest BCUT2D eigenvalue weighted by Crippen LogP contribution is 2.15. The van der Waals surface area contributed by atoms with Gasteiger partial charge in [0.25, 0.3) is 5.91 Å². The molecular weight excluding hydrogens is 280 g/mol. The SMILES string of the molecule is CC1CCCCN1CC(N)=NOCC(=O)N(C(C)C)C(C)C. The van der Waals surface area contributed by atoms with Crippen molar-refractivity contribution in [1.29, 1.82) is 0 Å². The second kappa shape index (κ2) is 8.98. The van der Waals surface area contributed by atoms with Gasteiger partial charge in [-0.1, -0.05) is 11.6 Å². The van der Waals surface area contributed by atoms with Crippen molar-refractivity contribution in [2.24, 2.45) is 10.9 Å². The third kappa shape index (κ3) is 5.83. The maximum absolute atomic E-state index is 12.1. The number of nitrogens with two attached hydrogens (primary N) is 1. The van der Waals surface area contributed by atoms with Crippen LogP contribution in [0.2, 0.25) is 0 Å². The van der Waals surface area contributed by atoms with E-state index in [1.165, 1.54) is 19.3 Å². The van der Waals surface area contributed by atoms with Crippen LogP contribution in [-0.2, 0) is 9.63 Å². The first-order chi connectivity index (χ1) is 10.3. The minimum absolute atomic E-state index is 0.0621. The van der Waals surface area contributed by atoms with Crippen LogP contribution in [0.25, 0.3) is 0 Å². The molecule has 1 atom stereocenters. The summed E-state index contributed by atoms with van der Waals surface area (Å²) in [6.07, 6.45) is 3.68. The Morgan fingerprint density at radius 2 is 1.95 bits per heavy atom. The highest BCUT2D eigenvalue weighted by molar-refractivity contribution is 5.82. The van der Waals surface area contributed by atoms with Gasteiger partial charge in [0.15, 0.2) is 12.4 Å². The highest BCUT2D eigenvalue weighted by atomic mass is 16.6. The summed E-state index contributed by atoms with van der Waals surface area (Å²) in [5.41, 5.74) is 5.91. The van der Waals surface area contributed by atoms with Crippen LogP contribution in [0.5, 0.6) is 0 Å². The number of amidine groups is 1. The van der Waals surface area contributed by atoms with E-state index in [9.17, 15) is 4.79 Å². The fourth-order valence-corrected chi connectivity index (χ4v) is 3.05. The lowest BCUT2D eigenvalue weighted by molar-refractivity contribution is -0.139. The summed E-state index contributed by atoms with van der Waals surface area (Å²) < 4.78 is 0. The van der Waals surface area contributed by atoms with Crippen molar-refractivity contribution in [3.63, 3.8) is 0 Å². The molecule has 22 heavy (non-hydrogen) atoms. The maximum Gasteiger partial charge on any atom is 0.263 e. The number of oxime groups is 1. The van der Waals surface area contributed by atoms with Crippen molar-refractivity contribution in [3.8, 4) is 0 Å². The number of likely N-dealkylation sites (tertiary alicyclic amines) is 1. The Balaban J connectivity index is 2.41. The lowest BCUT2D eigenvalue weighted by atomic mass is 10.0. The molecule has 1 aliphatic rings. The van der Waals surface area contributed by atoms with E-state index >= 15 is 0 Å². The number of hydrogen-bond acceptors (Lipinski definition) is 4. The molecule has 1 amide bonds. The molecule has 0 aromatic heterocycles. The third-order valence-electron chi connectivity index (χ3n) is 4.08. The Kier molecular flexibility index (Phi) is 7.65. The number of rotatable bonds is 7. The van der Waals surface area contributed by atoms with Crippen molar-refractivity contribution in [2.45, 2.75) is 72.0 Å². The average molecular weight is 312 g/mol. The van der Waals surface area contributed by atoms with Crippen molar-refractivity contribution >= 4 is 11.7 Å². The standard InChI is InChI=1S/C16H32N4O2/c1-12(2)20(13(3)4)16(21)11-22-18-15(17)10-19-9-7-6-8-14(19)5/h12-14H,6-11H2,1-5H3,(H2,17,18). The van der Waals surface area contributed by atoms with Crippen LogP contribution < -0.4 is 5.73 Å². The fraction of sp³-hybridized carbons (Fsp3) is 0.875. The fourth-order valence-electron chi connectivity index (χ4n) is 3.05. The molecule has 6 heteroatoms. The first-order valence-electron chi connectivity index (χ1n) is 8.32. The summed E-state index contributed by atoms with van der Waals surface area (Å²) in [4.78, 5) is 21.4. The van der Waals surface area contributed by atoms with Gasteiger partial charge in [0.1, 0.15) is 0 Å². The number of nitrogens with zero attached hydrogens (tertiary/aromatic N) is 3. The molecule has 1 fully saturated rings. The molecule has 128 valence electrons. The van der Waals surface area contributed by atoms with E-state index < -0.39 is 0 Å². The Morgan fingerprint density at radius 1 is 1.32 bits per heavy atom. The monoisotopic (exact) mass is 312 g/mol. The molecule has 0 radical (unpaired) electrons. The number of piperidine rings is 1. The molecule has 2 N–H and O–H groups in total. The molecule has 0 saturated carbocycles. The molecule has 1 aliphatic heterocycles. The van der Waals surface area contributed by atoms with E-state index in [1.807, 2.05) is 27.7 Å². The summed E-state index contributed by atoms with van der Waals surface area (Å²) in [6.45, 7) is 11.8. The molecule has 6 nitrogen and oxygen atoms in total. The zero-order chi connectivity index (χ0) is 16.7. The predicted molar refractivity (Wildman–Crippen MR) is 89.6 cm³/mol. The van der Waals surface area contributed by atoms with Gasteiger partial charge in [-0.3, -0.25) is 9.69 Å². The number of carbonyl (C=O) groups is 1. The molecular formula is C16H32N4O2. The van der Waals surface area contributed by atoms with Gasteiger partial charge < -0.3 is 15.5 Å². The Morgan fingerprint density at radius 3 is 2.50 bits per heavy atom. The first-order valence-corrected chi connectivity index (χ1v) is 8.32. The first kappa shape index (κ1) is 18.7. The van der Waals surface area contributed by atoms with Gasteiger partial charge in [-0.05, 0) is 54.0 Å². The second-order valence-electron chi connectivity index (χ2n) is 6.66. The lowest BCUT2D eigenvalue weighted by Crippen LogP contribution is -2.44. The molecule has 0 bridgehead atoms. The molecule has 1 unspecified atom stereocenters. The Labute approximate surface area is 134 Å². The maximum atomic E-state index is 12.1. The lowest BCUT2D eigenvalue weighted by Gasteiger charge is -2.32. The largest absolute Gasteiger partial charge is 0.384 e. The molecule has 0 aliphatic carbocycles. The van der Waals surface area contributed by atoms with Gasteiger partial charge in [0.05, 0.1) is 6.54 Å². The summed E-state index contributed by atoms with van der Waals surface area (Å²) in [6, 6.07) is 0.819. The van der Waals surface area contributed by atoms with E-state index in [0.717, 1.165) is 6.54 Å². The van der Waals surface area contributed by atoms with E-state index in [1.54, 1.807) is 4.90 Å². The summed E-state index contributed by atoms with van der Waals surface area (Å²) in [7, 11) is 0. The normalized spacial score (nSPS) is 20.5. The van der Waals surface area contributed by atoms with E-state index in [4.69, 9.17) is 10.6 Å². The molecule has 1 rings (SSSR count). The smallest absolute Gasteiger partial charge is 0.263 e. The molecule has 1 saturated heterocycles. The van der Waals surface area contributed by atoms with E-state index in [0.29, 0.717) is 18.4 Å². The van der Waals surface area contributed by atoms with Crippen LogP contribution in [0, 0.1) is 0 Å². The van der Waals surface area contributed by atoms with Crippen molar-refractivity contribution in [1.82, 2.24) is 9.80 Å². The zero-order valence-corrected chi connectivity index (χ0v) is 14.7. The quantitative estimate of drug-likeness (QED) is 0.442. The number of amides is 1. The average Bonchev–Trinajstić information content (AvgIpc) is 2.40. The topological polar surface area (TPSA) is 71.2 Å². The number of carbonyl (C=O) groups excluding carboxylic acids is 1. The van der Waals surface area contributed by atoms with Crippen LogP contribution in [0.4, 0.5) is 0 Å². The van der Waals surface area contributed by atoms with Gasteiger partial charge in [0.2, 0.25) is 0 Å². The van der Waals surface area contributed by atoms with Crippen molar-refractivity contribution in [3.05, 3.63) is 0 Å². The van der Waals surface area contributed by atoms with Crippen LogP contribution in [0.1, 0.15) is 53.9 Å². The van der Waals surface area contributed by atoms with Crippen LogP contribution in [0.15, 0.2) is 5.16 Å². The van der Waals surface area contributed by atoms with Crippen molar-refractivity contribution in [2.75, 3.05) is 19.7 Å². The minimum Gasteiger partial charge on any atom is -0.384 e. The zero-order valence-electron chi connectivity index (χ0n) is 14.7.